The number of carbonyl (C=O) groups excluding carboxylic acids is 1. The van der Waals surface area contributed by atoms with Gasteiger partial charge in [-0.05, 0) is 24.5 Å². The first kappa shape index (κ1) is 16.8. The number of hydrogen-bond acceptors (Lipinski definition) is 3. The van der Waals surface area contributed by atoms with Gasteiger partial charge in [0.15, 0.2) is 6.10 Å². The molecule has 134 valence electrons. The molecule has 0 N–H and O–H groups in total. The van der Waals surface area contributed by atoms with Gasteiger partial charge in [0.25, 0.3) is 0 Å². The molecule has 1 saturated carbocycles. The number of nitrogens with zero attached hydrogens (tertiary/aromatic N) is 2. The molecule has 0 bridgehead atoms. The first-order valence-corrected chi connectivity index (χ1v) is 9.01. The maximum atomic E-state index is 14.0. The molecule has 2 aliphatic rings. The van der Waals surface area contributed by atoms with Crippen LogP contribution in [0.1, 0.15) is 30.4 Å². The molecule has 2 aromatic carbocycles. The lowest BCUT2D eigenvalue weighted by Gasteiger charge is -2.25. The third-order valence-electron chi connectivity index (χ3n) is 4.82. The minimum absolute atomic E-state index is 0.0812. The smallest absolute Gasteiger partial charge is 0.226 e. The fourth-order valence-electron chi connectivity index (χ4n) is 3.23. The number of hydrogen-bond donors (Lipinski definition) is 0. The van der Waals surface area contributed by atoms with Crippen molar-refractivity contribution in [2.24, 2.45) is 11.1 Å². The van der Waals surface area contributed by atoms with Gasteiger partial charge in [0.05, 0.1) is 12.3 Å². The molecule has 0 aromatic heterocycles. The van der Waals surface area contributed by atoms with Crippen molar-refractivity contribution in [3.63, 3.8) is 0 Å². The lowest BCUT2D eigenvalue weighted by Crippen LogP contribution is -2.38. The highest BCUT2D eigenvalue weighted by molar-refractivity contribution is 6.01. The van der Waals surface area contributed by atoms with Crippen LogP contribution in [0.15, 0.2) is 59.8 Å². The minimum Gasteiger partial charge on any atom is -0.390 e. The Kier molecular flexibility index (Phi) is 4.69. The fourth-order valence-corrected chi connectivity index (χ4v) is 3.23. The molecule has 1 unspecified atom stereocenters. The summed E-state index contributed by atoms with van der Waals surface area (Å²) in [4.78, 5) is 20.0. The molecule has 1 aliphatic carbocycles. The number of halogens is 1. The molecule has 1 atom stereocenters. The topological polar surface area (TPSA) is 41.9 Å². The summed E-state index contributed by atoms with van der Waals surface area (Å²) in [7, 11) is 0. The standard InChI is InChI=1S/C21H21FN2O2/c22-19-9-5-4-8-17(19)13-24(21(25)16-10-11-16)14-18-12-20(23-26-18)15-6-2-1-3-7-15/h1-9,16,18H,10-14H2. The van der Waals surface area contributed by atoms with Crippen LogP contribution in [0, 0.1) is 11.7 Å². The lowest BCUT2D eigenvalue weighted by atomic mass is 10.0. The van der Waals surface area contributed by atoms with E-state index in [0.29, 0.717) is 18.5 Å². The molecule has 1 heterocycles. The summed E-state index contributed by atoms with van der Waals surface area (Å²) in [5.41, 5.74) is 2.45. The summed E-state index contributed by atoms with van der Waals surface area (Å²) >= 11 is 0. The highest BCUT2D eigenvalue weighted by Crippen LogP contribution is 2.32. The average molecular weight is 352 g/mol. The summed E-state index contributed by atoms with van der Waals surface area (Å²) in [6, 6.07) is 16.5. The zero-order valence-electron chi connectivity index (χ0n) is 14.5. The summed E-state index contributed by atoms with van der Waals surface area (Å²) in [6.07, 6.45) is 2.29. The van der Waals surface area contributed by atoms with Crippen LogP contribution in [-0.2, 0) is 16.2 Å². The summed E-state index contributed by atoms with van der Waals surface area (Å²) in [5, 5.41) is 4.19. The van der Waals surface area contributed by atoms with Crippen LogP contribution >= 0.6 is 0 Å². The van der Waals surface area contributed by atoms with E-state index in [0.717, 1.165) is 24.1 Å². The van der Waals surface area contributed by atoms with Crippen molar-refractivity contribution in [2.45, 2.75) is 31.9 Å². The van der Waals surface area contributed by atoms with E-state index < -0.39 is 0 Å². The summed E-state index contributed by atoms with van der Waals surface area (Å²) < 4.78 is 14.0. The fraction of sp³-hybridized carbons (Fsp3) is 0.333. The molecule has 26 heavy (non-hydrogen) atoms. The second-order valence-corrected chi connectivity index (χ2v) is 6.92. The Morgan fingerprint density at radius 1 is 1.12 bits per heavy atom. The van der Waals surface area contributed by atoms with Crippen molar-refractivity contribution in [2.75, 3.05) is 6.54 Å². The van der Waals surface area contributed by atoms with E-state index in [1.165, 1.54) is 6.07 Å². The number of benzene rings is 2. The first-order chi connectivity index (χ1) is 12.7. The van der Waals surface area contributed by atoms with E-state index in [2.05, 4.69) is 5.16 Å². The van der Waals surface area contributed by atoms with Crippen LogP contribution in [0.5, 0.6) is 0 Å². The Bertz CT molecular complexity index is 818. The molecule has 2 aromatic rings. The molecule has 1 amide bonds. The molecule has 0 saturated heterocycles. The lowest BCUT2D eigenvalue weighted by molar-refractivity contribution is -0.135. The minimum atomic E-state index is -0.283. The Morgan fingerprint density at radius 3 is 2.58 bits per heavy atom. The Hall–Kier alpha value is -2.69. The zero-order valence-corrected chi connectivity index (χ0v) is 14.5. The number of amides is 1. The SMILES string of the molecule is O=C(C1CC1)N(Cc1ccccc1F)CC1CC(c2ccccc2)=NO1. The van der Waals surface area contributed by atoms with Crippen molar-refractivity contribution >= 4 is 11.6 Å². The van der Waals surface area contributed by atoms with Gasteiger partial charge in [-0.15, -0.1) is 0 Å². The van der Waals surface area contributed by atoms with Crippen molar-refractivity contribution in [3.8, 4) is 0 Å². The zero-order chi connectivity index (χ0) is 17.9. The molecular weight excluding hydrogens is 331 g/mol. The highest BCUT2D eigenvalue weighted by Gasteiger charge is 2.36. The van der Waals surface area contributed by atoms with E-state index in [-0.39, 0.29) is 30.3 Å². The Balaban J connectivity index is 1.44. The maximum Gasteiger partial charge on any atom is 0.226 e. The van der Waals surface area contributed by atoms with E-state index >= 15 is 0 Å². The van der Waals surface area contributed by atoms with Crippen LogP contribution in [0.3, 0.4) is 0 Å². The van der Waals surface area contributed by atoms with Gasteiger partial charge in [-0.2, -0.15) is 0 Å². The summed E-state index contributed by atoms with van der Waals surface area (Å²) in [5.74, 6) is -0.114. The number of carbonyl (C=O) groups is 1. The van der Waals surface area contributed by atoms with Crippen LogP contribution in [0.4, 0.5) is 4.39 Å². The largest absolute Gasteiger partial charge is 0.390 e. The van der Waals surface area contributed by atoms with Crippen molar-refractivity contribution < 1.29 is 14.0 Å². The van der Waals surface area contributed by atoms with E-state index in [1.807, 2.05) is 30.3 Å². The molecule has 4 nitrogen and oxygen atoms in total. The first-order valence-electron chi connectivity index (χ1n) is 9.01. The van der Waals surface area contributed by atoms with Gasteiger partial charge in [0.2, 0.25) is 5.91 Å². The number of oxime groups is 1. The third kappa shape index (κ3) is 3.77. The molecule has 5 heteroatoms. The maximum absolute atomic E-state index is 14.0. The Morgan fingerprint density at radius 2 is 1.85 bits per heavy atom. The molecular formula is C21H21FN2O2. The summed E-state index contributed by atoms with van der Waals surface area (Å²) in [6.45, 7) is 0.687. The van der Waals surface area contributed by atoms with Gasteiger partial charge in [0, 0.05) is 24.4 Å². The normalized spacial score (nSPS) is 19.0. The monoisotopic (exact) mass is 352 g/mol. The van der Waals surface area contributed by atoms with Gasteiger partial charge in [-0.1, -0.05) is 53.7 Å². The van der Waals surface area contributed by atoms with Crippen LogP contribution in [0.2, 0.25) is 0 Å². The molecule has 1 aliphatic heterocycles. The van der Waals surface area contributed by atoms with E-state index in [9.17, 15) is 9.18 Å². The van der Waals surface area contributed by atoms with Crippen LogP contribution < -0.4 is 0 Å². The van der Waals surface area contributed by atoms with Gasteiger partial charge in [0.1, 0.15) is 5.82 Å². The van der Waals surface area contributed by atoms with E-state index in [1.54, 1.807) is 23.1 Å². The number of rotatable bonds is 6. The van der Waals surface area contributed by atoms with E-state index in [4.69, 9.17) is 4.84 Å². The van der Waals surface area contributed by atoms with Gasteiger partial charge in [-0.25, -0.2) is 4.39 Å². The quantitative estimate of drug-likeness (QED) is 0.794. The van der Waals surface area contributed by atoms with Gasteiger partial charge >= 0.3 is 0 Å². The van der Waals surface area contributed by atoms with Crippen molar-refractivity contribution in [1.82, 2.24) is 4.90 Å². The third-order valence-corrected chi connectivity index (χ3v) is 4.82. The highest BCUT2D eigenvalue weighted by atomic mass is 19.1. The molecule has 1 fully saturated rings. The molecule has 4 rings (SSSR count). The second kappa shape index (κ2) is 7.28. The Labute approximate surface area is 152 Å². The van der Waals surface area contributed by atoms with Crippen LogP contribution in [-0.4, -0.2) is 29.2 Å². The van der Waals surface area contributed by atoms with Crippen molar-refractivity contribution in [3.05, 3.63) is 71.5 Å². The van der Waals surface area contributed by atoms with Crippen LogP contribution in [0.25, 0.3) is 0 Å². The van der Waals surface area contributed by atoms with Gasteiger partial charge < -0.3 is 9.74 Å². The van der Waals surface area contributed by atoms with Crippen molar-refractivity contribution in [1.29, 1.82) is 0 Å². The molecule has 0 radical (unpaired) electrons. The van der Waals surface area contributed by atoms with Gasteiger partial charge in [-0.3, -0.25) is 4.79 Å². The second-order valence-electron chi connectivity index (χ2n) is 6.92. The predicted octanol–water partition coefficient (Wildman–Crippen LogP) is 3.76. The molecule has 0 spiro atoms. The predicted molar refractivity (Wildman–Crippen MR) is 97.0 cm³/mol. The average Bonchev–Trinajstić information content (AvgIpc) is 3.42.